The normalized spacial score (nSPS) is 23.5. The zero-order chi connectivity index (χ0) is 37.0. The van der Waals surface area contributed by atoms with Crippen LogP contribution in [0.2, 0.25) is 0 Å². The molecule has 0 radical (unpaired) electrons. The van der Waals surface area contributed by atoms with Gasteiger partial charge in [-0.2, -0.15) is 0 Å². The lowest BCUT2D eigenvalue weighted by Gasteiger charge is -2.32. The molecule has 1 amide bonds. The van der Waals surface area contributed by atoms with Crippen molar-refractivity contribution >= 4 is 53.3 Å². The SMILES string of the molecule is CC(=O)/C=C\N(C(C)=O)[C@@H]1O[C@](F)(COP(=O)(OCCOCCSC(=O)C(C)(C)C)OCCOCCSC(=O)C(C)(C)C)[C@@H](O)[C@@]1(C)O. The molecule has 1 aliphatic rings. The average molecular weight is 748 g/mol. The van der Waals surface area contributed by atoms with Crippen LogP contribution in [0.1, 0.15) is 62.3 Å². The first-order valence-electron chi connectivity index (χ1n) is 15.2. The number of hydrogen-bond donors (Lipinski definition) is 2. The Hall–Kier alpha value is -1.24. The highest BCUT2D eigenvalue weighted by atomic mass is 32.2. The number of allylic oxidation sites excluding steroid dienone is 1. The number of carbonyl (C=O) groups is 4. The number of alkyl halides is 1. The molecule has 0 saturated carbocycles. The molecule has 48 heavy (non-hydrogen) atoms. The maximum absolute atomic E-state index is 16.0. The van der Waals surface area contributed by atoms with Crippen LogP contribution in [0.3, 0.4) is 0 Å². The van der Waals surface area contributed by atoms with Crippen molar-refractivity contribution in [1.82, 2.24) is 4.90 Å². The fourth-order valence-corrected chi connectivity index (χ4v) is 6.44. The summed E-state index contributed by atoms with van der Waals surface area (Å²) < 4.78 is 61.5. The molecule has 1 aliphatic heterocycles. The van der Waals surface area contributed by atoms with Crippen LogP contribution >= 0.6 is 31.3 Å². The van der Waals surface area contributed by atoms with Gasteiger partial charge in [0.25, 0.3) is 5.85 Å². The number of amides is 1. The Morgan fingerprint density at radius 1 is 0.875 bits per heavy atom. The van der Waals surface area contributed by atoms with Gasteiger partial charge in [0.15, 0.2) is 22.2 Å². The zero-order valence-electron chi connectivity index (χ0n) is 29.1. The van der Waals surface area contributed by atoms with Gasteiger partial charge in [-0.25, -0.2) is 8.96 Å². The van der Waals surface area contributed by atoms with Crippen LogP contribution in [0.25, 0.3) is 0 Å². The van der Waals surface area contributed by atoms with E-state index >= 15 is 4.39 Å². The van der Waals surface area contributed by atoms with Gasteiger partial charge >= 0.3 is 7.82 Å². The van der Waals surface area contributed by atoms with Gasteiger partial charge in [0.1, 0.15) is 18.3 Å². The predicted octanol–water partition coefficient (Wildman–Crippen LogP) is 3.87. The number of ketones is 1. The second-order valence-electron chi connectivity index (χ2n) is 13.1. The van der Waals surface area contributed by atoms with Crippen LogP contribution in [0.15, 0.2) is 12.3 Å². The summed E-state index contributed by atoms with van der Waals surface area (Å²) in [4.78, 5) is 48.5. The quantitative estimate of drug-likeness (QED) is 0.104. The Balaban J connectivity index is 2.89. The minimum atomic E-state index is -4.59. The van der Waals surface area contributed by atoms with E-state index in [1.54, 1.807) is 41.5 Å². The molecular formula is C30H51FNO13PS2. The molecule has 1 rings (SSSR count). The summed E-state index contributed by atoms with van der Waals surface area (Å²) in [6.45, 7) is 12.3. The highest BCUT2D eigenvalue weighted by Gasteiger charge is 2.64. The van der Waals surface area contributed by atoms with Gasteiger partial charge in [0.05, 0.1) is 39.6 Å². The van der Waals surface area contributed by atoms with Gasteiger partial charge < -0.3 is 24.4 Å². The summed E-state index contributed by atoms with van der Waals surface area (Å²) in [5.74, 6) is -3.66. The van der Waals surface area contributed by atoms with Crippen LogP contribution in [0, 0.1) is 10.8 Å². The molecule has 0 unspecified atom stereocenters. The first-order chi connectivity index (χ1) is 22.0. The lowest BCUT2D eigenvalue weighted by Crippen LogP contribution is -2.53. The Kier molecular flexibility index (Phi) is 18.1. The van der Waals surface area contributed by atoms with Crippen LogP contribution in [0.5, 0.6) is 0 Å². The molecule has 4 atom stereocenters. The Labute approximate surface area is 290 Å². The number of phosphoric ester groups is 1. The summed E-state index contributed by atoms with van der Waals surface area (Å²) in [6.07, 6.45) is -2.15. The van der Waals surface area contributed by atoms with E-state index in [2.05, 4.69) is 0 Å². The molecule has 18 heteroatoms. The highest BCUT2D eigenvalue weighted by molar-refractivity contribution is 8.14. The van der Waals surface area contributed by atoms with E-state index in [9.17, 15) is 34.0 Å². The van der Waals surface area contributed by atoms with E-state index in [0.29, 0.717) is 11.5 Å². The van der Waals surface area contributed by atoms with Crippen LogP contribution in [0.4, 0.5) is 4.39 Å². The van der Waals surface area contributed by atoms with Crippen molar-refractivity contribution in [2.75, 3.05) is 57.8 Å². The van der Waals surface area contributed by atoms with Gasteiger partial charge in [-0.15, -0.1) is 0 Å². The topological polar surface area (TPSA) is 184 Å². The fourth-order valence-electron chi connectivity index (χ4n) is 3.64. The highest BCUT2D eigenvalue weighted by Crippen LogP contribution is 2.52. The number of aliphatic hydroxyl groups is 2. The molecule has 0 spiro atoms. The summed E-state index contributed by atoms with van der Waals surface area (Å²) in [7, 11) is -4.59. The molecule has 2 N–H and O–H groups in total. The van der Waals surface area contributed by atoms with Crippen molar-refractivity contribution < 1.29 is 66.1 Å². The van der Waals surface area contributed by atoms with E-state index in [1.165, 1.54) is 6.92 Å². The van der Waals surface area contributed by atoms with Gasteiger partial charge in [0, 0.05) is 35.5 Å². The van der Waals surface area contributed by atoms with Crippen LogP contribution in [-0.2, 0) is 51.5 Å². The van der Waals surface area contributed by atoms with Gasteiger partial charge in [-0.3, -0.25) is 37.6 Å². The molecule has 0 aromatic heterocycles. The van der Waals surface area contributed by atoms with Gasteiger partial charge in [0.2, 0.25) is 5.91 Å². The van der Waals surface area contributed by atoms with Gasteiger partial charge in [-0.1, -0.05) is 65.1 Å². The molecule has 1 saturated heterocycles. The third-order valence-corrected chi connectivity index (χ3v) is 10.3. The third-order valence-electron chi connectivity index (χ3n) is 6.38. The molecular weight excluding hydrogens is 696 g/mol. The summed E-state index contributed by atoms with van der Waals surface area (Å²) >= 11 is 2.22. The van der Waals surface area contributed by atoms with Crippen molar-refractivity contribution in [2.24, 2.45) is 10.8 Å². The van der Waals surface area contributed by atoms with Crippen molar-refractivity contribution in [1.29, 1.82) is 0 Å². The third kappa shape index (κ3) is 14.9. The van der Waals surface area contributed by atoms with Crippen molar-refractivity contribution in [2.45, 2.75) is 86.1 Å². The van der Waals surface area contributed by atoms with Gasteiger partial charge in [-0.05, 0) is 19.9 Å². The van der Waals surface area contributed by atoms with E-state index in [0.717, 1.165) is 54.5 Å². The minimum absolute atomic E-state index is 0.00532. The monoisotopic (exact) mass is 747 g/mol. The summed E-state index contributed by atoms with van der Waals surface area (Å²) in [5, 5.41) is 21.6. The molecule has 0 bridgehead atoms. The molecule has 1 fully saturated rings. The Bertz CT molecular complexity index is 1130. The predicted molar refractivity (Wildman–Crippen MR) is 179 cm³/mol. The molecule has 0 aliphatic carbocycles. The van der Waals surface area contributed by atoms with Crippen molar-refractivity contribution in [3.63, 3.8) is 0 Å². The standard InChI is InChI=1S/C30H51FNO13PS2/c1-21(33)10-11-32(22(2)34)24-29(9,38)23(35)30(31,45-24)20-44-46(39,42-14-12-40-16-18-47-25(36)27(3,4)5)43-15-13-41-17-19-48-26(37)28(6,7)8/h10-11,23-24,35,38H,12-20H2,1-9H3/b11-10-/t23-,24+,29+,30+/m0/s1. The van der Waals surface area contributed by atoms with E-state index in [-0.39, 0.29) is 49.9 Å². The Morgan fingerprint density at radius 2 is 1.33 bits per heavy atom. The van der Waals surface area contributed by atoms with Crippen LogP contribution in [-0.4, -0.2) is 119 Å². The first-order valence-corrected chi connectivity index (χ1v) is 18.7. The molecule has 0 aromatic rings. The lowest BCUT2D eigenvalue weighted by molar-refractivity contribution is -0.211. The van der Waals surface area contributed by atoms with Crippen LogP contribution < -0.4 is 0 Å². The van der Waals surface area contributed by atoms with Crippen molar-refractivity contribution in [3.8, 4) is 0 Å². The number of aliphatic hydroxyl groups excluding tert-OH is 1. The molecule has 278 valence electrons. The fraction of sp³-hybridized carbons (Fsp3) is 0.800. The number of ether oxygens (including phenoxy) is 3. The second kappa shape index (κ2) is 19.4. The second-order valence-corrected chi connectivity index (χ2v) is 16.9. The maximum atomic E-state index is 16.0. The number of hydrogen-bond acceptors (Lipinski definition) is 15. The maximum Gasteiger partial charge on any atom is 0.475 e. The summed E-state index contributed by atoms with van der Waals surface area (Å²) in [6, 6.07) is 0. The van der Waals surface area contributed by atoms with Crippen molar-refractivity contribution in [3.05, 3.63) is 12.3 Å². The largest absolute Gasteiger partial charge is 0.475 e. The number of nitrogens with zero attached hydrogens (tertiary/aromatic N) is 1. The Morgan fingerprint density at radius 3 is 1.73 bits per heavy atom. The smallest absolute Gasteiger partial charge is 0.384 e. The summed E-state index contributed by atoms with van der Waals surface area (Å²) in [5.41, 5.74) is -3.42. The van der Waals surface area contributed by atoms with E-state index < -0.39 is 60.7 Å². The number of halogens is 1. The molecule has 0 aromatic carbocycles. The lowest BCUT2D eigenvalue weighted by atomic mass is 9.95. The zero-order valence-corrected chi connectivity index (χ0v) is 31.7. The number of carbonyl (C=O) groups excluding carboxylic acids is 4. The molecule has 14 nitrogen and oxygen atoms in total. The number of rotatable bonds is 20. The molecule has 1 heterocycles. The van der Waals surface area contributed by atoms with E-state index in [4.69, 9.17) is 27.8 Å². The minimum Gasteiger partial charge on any atom is -0.384 e. The number of phosphoric acid groups is 1. The van der Waals surface area contributed by atoms with E-state index in [1.807, 2.05) is 0 Å². The first kappa shape index (κ1) is 44.8. The average Bonchev–Trinajstić information content (AvgIpc) is 3.13. The number of thioether (sulfide) groups is 2.